The lowest BCUT2D eigenvalue weighted by atomic mass is 9.73. The molecule has 4 bridgehead atoms. The Hall–Kier alpha value is -4.51. The van der Waals surface area contributed by atoms with Crippen molar-refractivity contribution in [2.45, 2.75) is 87.8 Å². The van der Waals surface area contributed by atoms with Crippen LogP contribution < -0.4 is 24.3 Å². The Balaban J connectivity index is 1.24. The molecule has 2 fully saturated rings. The monoisotopic (exact) mass is 798 g/mol. The summed E-state index contributed by atoms with van der Waals surface area (Å²) in [5, 5.41) is 39.3. The number of aryl methyl sites for hydroxylation is 2. The number of aliphatic hydroxyl groups excluding tert-OH is 2. The van der Waals surface area contributed by atoms with Crippen LogP contribution in [0.25, 0.3) is 10.9 Å². The molecule has 2 saturated heterocycles. The van der Waals surface area contributed by atoms with E-state index in [9.17, 15) is 20.1 Å². The van der Waals surface area contributed by atoms with E-state index in [2.05, 4.69) is 21.3 Å². The molecule has 0 aliphatic carbocycles. The van der Waals surface area contributed by atoms with Crippen LogP contribution in [0, 0.1) is 20.8 Å². The van der Waals surface area contributed by atoms with E-state index in [-0.39, 0.29) is 31.5 Å². The number of aromatic amines is 1. The van der Waals surface area contributed by atoms with Crippen LogP contribution in [-0.4, -0.2) is 106 Å². The number of nitrogens with zero attached hydrogens (tertiary/aromatic N) is 2. The van der Waals surface area contributed by atoms with E-state index in [1.807, 2.05) is 50.9 Å². The first-order valence-electron chi connectivity index (χ1n) is 19.4. The van der Waals surface area contributed by atoms with Crippen molar-refractivity contribution in [1.82, 2.24) is 20.1 Å². The lowest BCUT2D eigenvalue weighted by Gasteiger charge is -2.62. The summed E-state index contributed by atoms with van der Waals surface area (Å²) in [5.41, 5.74) is 6.45. The third-order valence-corrected chi connectivity index (χ3v) is 14.7. The van der Waals surface area contributed by atoms with Crippen molar-refractivity contribution < 1.29 is 48.6 Å². The van der Waals surface area contributed by atoms with E-state index in [0.717, 1.165) is 33.2 Å². The van der Waals surface area contributed by atoms with Crippen molar-refractivity contribution in [2.24, 2.45) is 0 Å². The van der Waals surface area contributed by atoms with Gasteiger partial charge in [-0.2, -0.15) is 0 Å². The van der Waals surface area contributed by atoms with Gasteiger partial charge in [-0.15, -0.1) is 11.8 Å². The van der Waals surface area contributed by atoms with Gasteiger partial charge in [0.25, 0.3) is 0 Å². The quantitative estimate of drug-likeness (QED) is 0.149. The van der Waals surface area contributed by atoms with Gasteiger partial charge in [-0.1, -0.05) is 17.7 Å². The molecule has 0 unspecified atom stereocenters. The number of benzene rings is 3. The lowest BCUT2D eigenvalue weighted by Crippen LogP contribution is -2.70. The van der Waals surface area contributed by atoms with Gasteiger partial charge in [0.15, 0.2) is 28.5 Å². The lowest BCUT2D eigenvalue weighted by molar-refractivity contribution is -0.186. The third kappa shape index (κ3) is 5.02. The number of likely N-dealkylation sites (N-methyl/N-ethyl adjacent to an activating group) is 1. The van der Waals surface area contributed by atoms with Crippen molar-refractivity contribution in [3.05, 3.63) is 74.5 Å². The number of hydrogen-bond donors (Lipinski definition) is 5. The number of piperazine rings is 1. The molecule has 1 aromatic heterocycles. The van der Waals surface area contributed by atoms with Crippen LogP contribution in [0.3, 0.4) is 0 Å². The number of carbonyl (C=O) groups is 2. The Morgan fingerprint density at radius 1 is 1.07 bits per heavy atom. The number of fused-ring (bicyclic) bond motifs is 11. The highest BCUT2D eigenvalue weighted by Gasteiger charge is 2.62. The van der Waals surface area contributed by atoms with Crippen LogP contribution in [0.15, 0.2) is 24.3 Å². The number of carbonyl (C=O) groups excluding carboxylic acids is 2. The molecule has 0 saturated carbocycles. The normalized spacial score (nSPS) is 30.0. The van der Waals surface area contributed by atoms with E-state index >= 15 is 4.79 Å². The van der Waals surface area contributed by atoms with Crippen molar-refractivity contribution >= 4 is 34.6 Å². The van der Waals surface area contributed by atoms with E-state index in [1.165, 1.54) is 18.7 Å². The number of hydrogen-bond acceptors (Lipinski definition) is 14. The fraction of sp³-hybridized carbons (Fsp3) is 0.476. The molecular formula is C42H46N4O10S. The summed E-state index contributed by atoms with van der Waals surface area (Å²) < 4.78 is 30.7. The van der Waals surface area contributed by atoms with Crippen LogP contribution >= 0.6 is 11.8 Å². The third-order valence-electron chi connectivity index (χ3n) is 13.2. The second-order valence-electron chi connectivity index (χ2n) is 16.3. The maximum Gasteiger partial charge on any atom is 0.333 e. The molecule has 3 aromatic carbocycles. The molecule has 0 radical (unpaired) electrons. The van der Waals surface area contributed by atoms with Gasteiger partial charge in [-0.3, -0.25) is 19.9 Å². The molecule has 300 valence electrons. The van der Waals surface area contributed by atoms with Crippen molar-refractivity contribution in [1.29, 1.82) is 0 Å². The van der Waals surface area contributed by atoms with Crippen LogP contribution in [-0.2, 0) is 32.7 Å². The van der Waals surface area contributed by atoms with Gasteiger partial charge in [-0.25, -0.2) is 4.79 Å². The fourth-order valence-electron chi connectivity index (χ4n) is 10.8. The summed E-state index contributed by atoms with van der Waals surface area (Å²) in [4.78, 5) is 35.7. The molecule has 1 spiro atoms. The van der Waals surface area contributed by atoms with Gasteiger partial charge < -0.3 is 44.0 Å². The van der Waals surface area contributed by atoms with Crippen LogP contribution in [0.5, 0.6) is 28.7 Å². The molecule has 15 heteroatoms. The number of phenolic OH excluding ortho intramolecular Hbond substituents is 1. The zero-order valence-corrected chi connectivity index (χ0v) is 33.4. The number of H-pyrrole nitrogens is 1. The van der Waals surface area contributed by atoms with Crippen LogP contribution in [0.1, 0.15) is 74.5 Å². The molecule has 57 heavy (non-hydrogen) atoms. The van der Waals surface area contributed by atoms with Gasteiger partial charge in [-0.05, 0) is 69.5 Å². The zero-order valence-electron chi connectivity index (χ0n) is 32.6. The van der Waals surface area contributed by atoms with Gasteiger partial charge in [0.2, 0.25) is 6.79 Å². The molecular weight excluding hydrogens is 753 g/mol. The van der Waals surface area contributed by atoms with E-state index in [1.54, 1.807) is 7.11 Å². The van der Waals surface area contributed by atoms with Crippen molar-refractivity contribution in [2.75, 3.05) is 39.9 Å². The Morgan fingerprint density at radius 3 is 2.61 bits per heavy atom. The summed E-state index contributed by atoms with van der Waals surface area (Å²) in [5.74, 6) is 0.735. The highest BCUT2D eigenvalue weighted by Crippen LogP contribution is 2.64. The number of rotatable bonds is 3. The number of aliphatic hydroxyl groups is 2. The number of ether oxygens (including phenoxy) is 5. The Kier molecular flexibility index (Phi) is 8.39. The number of thioether (sulfide) groups is 1. The Bertz CT molecular complexity index is 2400. The molecule has 0 amide bonds. The molecule has 11 rings (SSSR count). The smallest absolute Gasteiger partial charge is 0.333 e. The average molecular weight is 799 g/mol. The first-order chi connectivity index (χ1) is 27.4. The minimum atomic E-state index is -1.43. The van der Waals surface area contributed by atoms with Crippen LogP contribution in [0.4, 0.5) is 0 Å². The predicted molar refractivity (Wildman–Crippen MR) is 209 cm³/mol. The zero-order chi connectivity index (χ0) is 39.8. The SMILES string of the molecule is COc1c(C)cc2c(c1O)[C@@H]1[C@@H]3[C@@H]4SC[C@]5(N[C@@H](CO)Cc6c5[nH]c5ccc(C)cc65)C(=O)OC[C@@H](c5c6c(c(C)c(OC(C)=O)c54)OCO6)N3[C@@H](O)[C@H](C2)N1C. The molecule has 7 aliphatic heterocycles. The Labute approximate surface area is 333 Å². The second kappa shape index (κ2) is 13.0. The van der Waals surface area contributed by atoms with E-state index in [0.29, 0.717) is 63.8 Å². The summed E-state index contributed by atoms with van der Waals surface area (Å²) in [6, 6.07) is 5.45. The summed E-state index contributed by atoms with van der Waals surface area (Å²) in [6.07, 6.45) is -0.101. The van der Waals surface area contributed by atoms with Gasteiger partial charge in [0.1, 0.15) is 18.6 Å². The van der Waals surface area contributed by atoms with Gasteiger partial charge >= 0.3 is 11.9 Å². The summed E-state index contributed by atoms with van der Waals surface area (Å²) in [7, 11) is 3.51. The van der Waals surface area contributed by atoms with Gasteiger partial charge in [0, 0.05) is 57.9 Å². The van der Waals surface area contributed by atoms with Crippen molar-refractivity contribution in [3.8, 4) is 28.7 Å². The standard InChI is InChI=1S/C42H46N4O10S/c1-17-7-8-25-23(9-17)24-12-22(13-47)44-42(39(24)43-25)15-57-38-30-29(37-36(54-16-55-37)19(3)35(30)56-20(4)48)27(14-53-41(42)51)46-32(38)31-28-21(11-26(40(46)50)45(31)5)10-18(2)34(52-6)33(28)49/h7-10,22,26-27,31-32,38,40,43-44,47,49-50H,11-16H2,1-6H3/t22-,26+,27+,31-,32-,38-,40+,42-/m1/s1. The van der Waals surface area contributed by atoms with Gasteiger partial charge in [0.05, 0.1) is 42.8 Å². The molecule has 8 heterocycles. The highest BCUT2D eigenvalue weighted by molar-refractivity contribution is 7.99. The number of nitrogens with one attached hydrogen (secondary N) is 2. The van der Waals surface area contributed by atoms with Crippen molar-refractivity contribution in [3.63, 3.8) is 0 Å². The number of aromatic nitrogens is 1. The maximum atomic E-state index is 15.0. The summed E-state index contributed by atoms with van der Waals surface area (Å²) in [6.45, 7) is 6.65. The number of methoxy groups -OCH3 is 1. The fourth-order valence-corrected chi connectivity index (χ4v) is 12.5. The topological polar surface area (TPSA) is 175 Å². The minimum absolute atomic E-state index is 0.0417. The average Bonchev–Trinajstić information content (AvgIpc) is 3.82. The van der Waals surface area contributed by atoms with E-state index < -0.39 is 59.2 Å². The predicted octanol–water partition coefficient (Wildman–Crippen LogP) is 3.85. The second-order valence-corrected chi connectivity index (χ2v) is 17.5. The molecule has 4 aromatic rings. The molecule has 14 nitrogen and oxygen atoms in total. The highest BCUT2D eigenvalue weighted by atomic mass is 32.2. The Morgan fingerprint density at radius 2 is 1.86 bits per heavy atom. The first-order valence-corrected chi connectivity index (χ1v) is 20.4. The van der Waals surface area contributed by atoms with E-state index in [4.69, 9.17) is 23.7 Å². The largest absolute Gasteiger partial charge is 0.504 e. The molecule has 7 aliphatic rings. The summed E-state index contributed by atoms with van der Waals surface area (Å²) >= 11 is 1.48. The maximum absolute atomic E-state index is 15.0. The first kappa shape index (κ1) is 36.8. The number of aromatic hydroxyl groups is 1. The number of esters is 2. The molecule has 5 N–H and O–H groups in total. The molecule has 8 atom stereocenters. The number of phenols is 1. The minimum Gasteiger partial charge on any atom is -0.504 e. The van der Waals surface area contributed by atoms with Crippen LogP contribution in [0.2, 0.25) is 0 Å².